The third kappa shape index (κ3) is 2.42. The zero-order valence-electron chi connectivity index (χ0n) is 7.35. The summed E-state index contributed by atoms with van der Waals surface area (Å²) in [5.74, 6) is -1.20. The molecular weight excluding hydrogens is 234 g/mol. The Morgan fingerprint density at radius 1 is 1.46 bits per heavy atom. The van der Waals surface area contributed by atoms with Crippen LogP contribution in [0.15, 0.2) is 0 Å². The van der Waals surface area contributed by atoms with Crippen LogP contribution in [0.25, 0.3) is 0 Å². The van der Waals surface area contributed by atoms with Crippen molar-refractivity contribution in [3.63, 3.8) is 0 Å². The predicted molar refractivity (Wildman–Crippen MR) is 53.3 cm³/mol. The van der Waals surface area contributed by atoms with Crippen molar-refractivity contribution >= 4 is 40.8 Å². The van der Waals surface area contributed by atoms with Crippen LogP contribution in [0, 0.1) is 17.3 Å². The molecule has 76 valence electrons. The summed E-state index contributed by atoms with van der Waals surface area (Å²) in [6, 6.07) is 0. The number of hydrogen-bond donors (Lipinski definition) is 1. The number of carboxylic acids is 1. The van der Waals surface area contributed by atoms with Crippen LogP contribution in [0.2, 0.25) is 0 Å². The first-order chi connectivity index (χ1) is 5.66. The Bertz CT molecular complexity index is 232. The second kappa shape index (κ2) is 3.18. The van der Waals surface area contributed by atoms with Gasteiger partial charge in [0, 0.05) is 0 Å². The molecule has 0 bridgehead atoms. The summed E-state index contributed by atoms with van der Waals surface area (Å²) < 4.78 is -1.34. The average molecular weight is 246 g/mol. The van der Waals surface area contributed by atoms with Gasteiger partial charge in [-0.2, -0.15) is 0 Å². The fourth-order valence-electron chi connectivity index (χ4n) is 1.86. The van der Waals surface area contributed by atoms with Gasteiger partial charge in [-0.1, -0.05) is 48.7 Å². The molecule has 0 aromatic heterocycles. The van der Waals surface area contributed by atoms with Crippen molar-refractivity contribution in [1.29, 1.82) is 0 Å². The smallest absolute Gasteiger partial charge is 0.307 e. The van der Waals surface area contributed by atoms with Crippen molar-refractivity contribution in [2.75, 3.05) is 0 Å². The number of halogens is 3. The number of carboxylic acid groups (broad SMARTS) is 1. The van der Waals surface area contributed by atoms with Gasteiger partial charge in [0.2, 0.25) is 0 Å². The maximum absolute atomic E-state index is 10.7. The molecule has 0 radical (unpaired) electrons. The van der Waals surface area contributed by atoms with Gasteiger partial charge in [0.1, 0.15) is 0 Å². The highest BCUT2D eigenvalue weighted by atomic mass is 35.6. The van der Waals surface area contributed by atoms with E-state index in [0.717, 1.165) is 0 Å². The lowest BCUT2D eigenvalue weighted by atomic mass is 10.1. The van der Waals surface area contributed by atoms with Gasteiger partial charge < -0.3 is 5.11 Å². The minimum Gasteiger partial charge on any atom is -0.481 e. The molecule has 1 aliphatic rings. The minimum atomic E-state index is -1.34. The van der Waals surface area contributed by atoms with Gasteiger partial charge in [0.15, 0.2) is 3.79 Å². The molecule has 13 heavy (non-hydrogen) atoms. The van der Waals surface area contributed by atoms with Gasteiger partial charge in [-0.15, -0.1) is 0 Å². The van der Waals surface area contributed by atoms with E-state index in [9.17, 15) is 4.79 Å². The lowest BCUT2D eigenvalue weighted by molar-refractivity contribution is -0.139. The SMILES string of the molecule is CC1(C)[C@H](CC(Cl)(Cl)Cl)[C@@H]1C(=O)O. The summed E-state index contributed by atoms with van der Waals surface area (Å²) in [5.41, 5.74) is -0.240. The maximum atomic E-state index is 10.7. The molecule has 0 aliphatic heterocycles. The second-order valence-electron chi connectivity index (χ2n) is 4.06. The van der Waals surface area contributed by atoms with Crippen molar-refractivity contribution in [2.45, 2.75) is 24.1 Å². The first kappa shape index (κ1) is 11.4. The highest BCUT2D eigenvalue weighted by Gasteiger charge is 2.63. The van der Waals surface area contributed by atoms with E-state index in [2.05, 4.69) is 0 Å². The highest BCUT2D eigenvalue weighted by Crippen LogP contribution is 2.62. The summed E-state index contributed by atoms with van der Waals surface area (Å²) in [6.07, 6.45) is 0.307. The van der Waals surface area contributed by atoms with E-state index in [-0.39, 0.29) is 17.3 Å². The minimum absolute atomic E-state index is 0.0301. The Morgan fingerprint density at radius 3 is 2.15 bits per heavy atom. The Hall–Kier alpha value is 0.340. The molecule has 0 spiro atoms. The van der Waals surface area contributed by atoms with Gasteiger partial charge in [-0.25, -0.2) is 0 Å². The molecule has 0 saturated heterocycles. The van der Waals surface area contributed by atoms with Crippen LogP contribution in [0.1, 0.15) is 20.3 Å². The monoisotopic (exact) mass is 244 g/mol. The zero-order valence-corrected chi connectivity index (χ0v) is 9.62. The third-order valence-corrected chi connectivity index (χ3v) is 3.23. The van der Waals surface area contributed by atoms with E-state index in [4.69, 9.17) is 39.9 Å². The van der Waals surface area contributed by atoms with Crippen LogP contribution in [-0.4, -0.2) is 14.9 Å². The Balaban J connectivity index is 2.61. The van der Waals surface area contributed by atoms with E-state index < -0.39 is 9.76 Å². The Labute approximate surface area is 92.2 Å². The van der Waals surface area contributed by atoms with Crippen LogP contribution >= 0.6 is 34.8 Å². The Kier molecular flexibility index (Phi) is 2.79. The predicted octanol–water partition coefficient (Wildman–Crippen LogP) is 3.10. The molecule has 1 saturated carbocycles. The molecule has 5 heteroatoms. The molecule has 2 atom stereocenters. The molecule has 1 fully saturated rings. The number of alkyl halides is 3. The van der Waals surface area contributed by atoms with Gasteiger partial charge in [0.25, 0.3) is 0 Å². The van der Waals surface area contributed by atoms with Gasteiger partial charge >= 0.3 is 5.97 Å². The lowest BCUT2D eigenvalue weighted by Gasteiger charge is -2.10. The zero-order chi connectivity index (χ0) is 10.4. The number of rotatable bonds is 2. The first-order valence-electron chi connectivity index (χ1n) is 3.96. The molecule has 0 heterocycles. The van der Waals surface area contributed by atoms with Crippen LogP contribution in [0.3, 0.4) is 0 Å². The van der Waals surface area contributed by atoms with E-state index in [0.29, 0.717) is 6.42 Å². The highest BCUT2D eigenvalue weighted by molar-refractivity contribution is 6.67. The Morgan fingerprint density at radius 2 is 1.92 bits per heavy atom. The quantitative estimate of drug-likeness (QED) is 0.759. The number of aliphatic carboxylic acids is 1. The largest absolute Gasteiger partial charge is 0.481 e. The normalized spacial score (nSPS) is 31.5. The standard InChI is InChI=1S/C8H11Cl3O2/c1-7(2)4(3-8(9,10)11)5(7)6(12)13/h4-5H,3H2,1-2H3,(H,12,13)/t4-,5-/m1/s1. The van der Waals surface area contributed by atoms with Crippen molar-refractivity contribution in [2.24, 2.45) is 17.3 Å². The summed E-state index contributed by atoms with van der Waals surface area (Å²) in [7, 11) is 0. The number of carbonyl (C=O) groups is 1. The third-order valence-electron chi connectivity index (χ3n) is 2.77. The van der Waals surface area contributed by atoms with E-state index in [1.165, 1.54) is 0 Å². The molecule has 1 aliphatic carbocycles. The molecule has 0 aromatic rings. The maximum Gasteiger partial charge on any atom is 0.307 e. The molecule has 0 aromatic carbocycles. The van der Waals surface area contributed by atoms with Crippen LogP contribution in [-0.2, 0) is 4.79 Å². The summed E-state index contributed by atoms with van der Waals surface area (Å²) in [5, 5.41) is 8.83. The van der Waals surface area contributed by atoms with Crippen LogP contribution in [0.5, 0.6) is 0 Å². The van der Waals surface area contributed by atoms with Crippen LogP contribution in [0.4, 0.5) is 0 Å². The molecule has 2 nitrogen and oxygen atoms in total. The summed E-state index contributed by atoms with van der Waals surface area (Å²) in [6.45, 7) is 3.76. The summed E-state index contributed by atoms with van der Waals surface area (Å²) >= 11 is 16.8. The molecular formula is C8H11Cl3O2. The van der Waals surface area contributed by atoms with E-state index >= 15 is 0 Å². The van der Waals surface area contributed by atoms with E-state index in [1.54, 1.807) is 0 Å². The summed E-state index contributed by atoms with van der Waals surface area (Å²) in [4.78, 5) is 10.7. The molecule has 0 amide bonds. The van der Waals surface area contributed by atoms with Gasteiger partial charge in [0.05, 0.1) is 5.92 Å². The fourth-order valence-corrected chi connectivity index (χ4v) is 2.36. The van der Waals surface area contributed by atoms with Crippen molar-refractivity contribution in [1.82, 2.24) is 0 Å². The van der Waals surface area contributed by atoms with Crippen LogP contribution < -0.4 is 0 Å². The molecule has 1 rings (SSSR count). The van der Waals surface area contributed by atoms with E-state index in [1.807, 2.05) is 13.8 Å². The average Bonchev–Trinajstić information content (AvgIpc) is 2.28. The van der Waals surface area contributed by atoms with Crippen molar-refractivity contribution in [3.8, 4) is 0 Å². The lowest BCUT2D eigenvalue weighted by Crippen LogP contribution is -2.07. The number of hydrogen-bond acceptors (Lipinski definition) is 1. The fraction of sp³-hybridized carbons (Fsp3) is 0.875. The van der Waals surface area contributed by atoms with Crippen molar-refractivity contribution in [3.05, 3.63) is 0 Å². The second-order valence-corrected chi connectivity index (χ2v) is 6.58. The van der Waals surface area contributed by atoms with Gasteiger partial charge in [-0.3, -0.25) is 4.79 Å². The van der Waals surface area contributed by atoms with Crippen molar-refractivity contribution < 1.29 is 9.90 Å². The molecule has 1 N–H and O–H groups in total. The first-order valence-corrected chi connectivity index (χ1v) is 5.09. The topological polar surface area (TPSA) is 37.3 Å². The van der Waals surface area contributed by atoms with Gasteiger partial charge in [-0.05, 0) is 17.8 Å². The molecule has 0 unspecified atom stereocenters.